The highest BCUT2D eigenvalue weighted by atomic mass is 16.5. The van der Waals surface area contributed by atoms with E-state index >= 15 is 0 Å². The lowest BCUT2D eigenvalue weighted by molar-refractivity contribution is 0.0701. The molecule has 1 heterocycles. The van der Waals surface area contributed by atoms with Crippen LogP contribution in [0.25, 0.3) is 11.0 Å². The Hall–Kier alpha value is -2.32. The molecular weight excluding hydrogens is 256 g/mol. The summed E-state index contributed by atoms with van der Waals surface area (Å²) in [5, 5.41) is 9.48. The van der Waals surface area contributed by atoms with Crippen LogP contribution in [0.4, 0.5) is 0 Å². The summed E-state index contributed by atoms with van der Waals surface area (Å²) in [5.74, 6) is -0.137. The quantitative estimate of drug-likeness (QED) is 0.810. The van der Waals surface area contributed by atoms with E-state index in [0.29, 0.717) is 37.3 Å². The second-order valence-corrected chi connectivity index (χ2v) is 4.34. The number of hydrogen-bond donors (Lipinski definition) is 0. The van der Waals surface area contributed by atoms with Crippen LogP contribution in [0, 0.1) is 11.3 Å². The van der Waals surface area contributed by atoms with E-state index in [0.717, 1.165) is 5.39 Å². The van der Waals surface area contributed by atoms with Crippen LogP contribution in [-0.4, -0.2) is 37.6 Å². The Balaban J connectivity index is 2.24. The van der Waals surface area contributed by atoms with Crippen LogP contribution in [-0.2, 0) is 4.74 Å². The largest absolute Gasteiger partial charge is 0.463 e. The van der Waals surface area contributed by atoms with Gasteiger partial charge in [0.2, 0.25) is 0 Å². The minimum atomic E-state index is -0.137. The smallest absolute Gasteiger partial charge is 0.257 e. The van der Waals surface area contributed by atoms with Crippen molar-refractivity contribution in [2.75, 3.05) is 26.8 Å². The van der Waals surface area contributed by atoms with Gasteiger partial charge in [-0.3, -0.25) is 4.79 Å². The Labute approximate surface area is 117 Å². The predicted octanol–water partition coefficient (Wildman–Crippen LogP) is 2.44. The number of carbonyl (C=O) groups is 1. The molecule has 0 radical (unpaired) electrons. The van der Waals surface area contributed by atoms with E-state index in [1.54, 1.807) is 12.0 Å². The SMILES string of the molecule is COCCN(CCC#N)C(=O)c1coc2ccccc12. The van der Waals surface area contributed by atoms with Crippen LogP contribution in [0.2, 0.25) is 0 Å². The molecule has 0 bridgehead atoms. The third-order valence-electron chi connectivity index (χ3n) is 3.06. The number of methoxy groups -OCH3 is 1. The first-order valence-electron chi connectivity index (χ1n) is 6.39. The zero-order valence-electron chi connectivity index (χ0n) is 11.3. The average Bonchev–Trinajstić information content (AvgIpc) is 2.91. The molecule has 0 saturated heterocycles. The summed E-state index contributed by atoms with van der Waals surface area (Å²) in [6.45, 7) is 1.28. The van der Waals surface area contributed by atoms with Crippen molar-refractivity contribution in [2.24, 2.45) is 0 Å². The molecule has 1 amide bonds. The van der Waals surface area contributed by atoms with E-state index in [4.69, 9.17) is 14.4 Å². The molecular formula is C15H16N2O3. The van der Waals surface area contributed by atoms with E-state index in [9.17, 15) is 4.79 Å². The molecule has 0 N–H and O–H groups in total. The van der Waals surface area contributed by atoms with Gasteiger partial charge < -0.3 is 14.1 Å². The Morgan fingerprint density at radius 2 is 2.20 bits per heavy atom. The molecule has 5 nitrogen and oxygen atoms in total. The first kappa shape index (κ1) is 14.1. The molecule has 0 unspecified atom stereocenters. The van der Waals surface area contributed by atoms with Gasteiger partial charge >= 0.3 is 0 Å². The lowest BCUT2D eigenvalue weighted by Crippen LogP contribution is -2.34. The van der Waals surface area contributed by atoms with Gasteiger partial charge in [-0.25, -0.2) is 0 Å². The van der Waals surface area contributed by atoms with Crippen molar-refractivity contribution in [2.45, 2.75) is 6.42 Å². The topological polar surface area (TPSA) is 66.5 Å². The van der Waals surface area contributed by atoms with Crippen LogP contribution >= 0.6 is 0 Å². The van der Waals surface area contributed by atoms with E-state index in [1.165, 1.54) is 6.26 Å². The van der Waals surface area contributed by atoms with Gasteiger partial charge in [0.15, 0.2) is 0 Å². The van der Waals surface area contributed by atoms with Crippen LogP contribution in [0.15, 0.2) is 34.9 Å². The zero-order valence-corrected chi connectivity index (χ0v) is 11.3. The summed E-state index contributed by atoms with van der Waals surface area (Å²) < 4.78 is 10.4. The van der Waals surface area contributed by atoms with Gasteiger partial charge in [0.25, 0.3) is 5.91 Å². The number of rotatable bonds is 6. The molecule has 2 aromatic rings. The zero-order chi connectivity index (χ0) is 14.4. The van der Waals surface area contributed by atoms with Crippen molar-refractivity contribution in [1.29, 1.82) is 5.26 Å². The summed E-state index contributed by atoms with van der Waals surface area (Å²) in [6.07, 6.45) is 1.77. The molecule has 104 valence electrons. The molecule has 1 aromatic carbocycles. The second-order valence-electron chi connectivity index (χ2n) is 4.34. The van der Waals surface area contributed by atoms with E-state index in [1.807, 2.05) is 24.3 Å². The predicted molar refractivity (Wildman–Crippen MR) is 74.2 cm³/mol. The van der Waals surface area contributed by atoms with Crippen molar-refractivity contribution in [3.63, 3.8) is 0 Å². The Bertz CT molecular complexity index is 627. The minimum absolute atomic E-state index is 0.137. The van der Waals surface area contributed by atoms with Crippen molar-refractivity contribution in [3.8, 4) is 6.07 Å². The van der Waals surface area contributed by atoms with Gasteiger partial charge in [-0.2, -0.15) is 5.26 Å². The third kappa shape index (κ3) is 2.98. The lowest BCUT2D eigenvalue weighted by Gasteiger charge is -2.20. The molecule has 0 fully saturated rings. The van der Waals surface area contributed by atoms with Gasteiger partial charge in [0, 0.05) is 25.6 Å². The van der Waals surface area contributed by atoms with Crippen molar-refractivity contribution < 1.29 is 13.9 Å². The number of ether oxygens (including phenoxy) is 1. The standard InChI is InChI=1S/C15H16N2O3/c1-19-10-9-17(8-4-7-16)15(18)13-11-20-14-6-3-2-5-12(13)14/h2-3,5-6,11H,4,8-10H2,1H3. The van der Waals surface area contributed by atoms with Crippen LogP contribution in [0.5, 0.6) is 0 Å². The molecule has 0 atom stereocenters. The third-order valence-corrected chi connectivity index (χ3v) is 3.06. The first-order chi connectivity index (χ1) is 9.77. The van der Waals surface area contributed by atoms with Gasteiger partial charge in [-0.05, 0) is 6.07 Å². The van der Waals surface area contributed by atoms with E-state index in [-0.39, 0.29) is 5.91 Å². The average molecular weight is 272 g/mol. The van der Waals surface area contributed by atoms with Gasteiger partial charge in [-0.1, -0.05) is 18.2 Å². The van der Waals surface area contributed by atoms with Gasteiger partial charge in [0.05, 0.1) is 24.7 Å². The van der Waals surface area contributed by atoms with E-state index < -0.39 is 0 Å². The first-order valence-corrected chi connectivity index (χ1v) is 6.39. The number of amides is 1. The van der Waals surface area contributed by atoms with Gasteiger partial charge in [-0.15, -0.1) is 0 Å². The fourth-order valence-corrected chi connectivity index (χ4v) is 2.02. The number of nitrogens with zero attached hydrogens (tertiary/aromatic N) is 2. The maximum Gasteiger partial charge on any atom is 0.257 e. The maximum atomic E-state index is 12.5. The summed E-state index contributed by atoms with van der Waals surface area (Å²) >= 11 is 0. The molecule has 0 aliphatic carbocycles. The number of furan rings is 1. The second kappa shape index (κ2) is 6.73. The molecule has 0 aliphatic heterocycles. The van der Waals surface area contributed by atoms with Crippen molar-refractivity contribution in [1.82, 2.24) is 4.90 Å². The molecule has 0 spiro atoms. The summed E-state index contributed by atoms with van der Waals surface area (Å²) in [6, 6.07) is 9.45. The highest BCUT2D eigenvalue weighted by Gasteiger charge is 2.19. The molecule has 0 aliphatic rings. The Morgan fingerprint density at radius 1 is 1.40 bits per heavy atom. The minimum Gasteiger partial charge on any atom is -0.463 e. The molecule has 1 aromatic heterocycles. The number of carbonyl (C=O) groups excluding carboxylic acids is 1. The summed E-state index contributed by atoms with van der Waals surface area (Å²) in [4.78, 5) is 14.1. The fourth-order valence-electron chi connectivity index (χ4n) is 2.02. The number of benzene rings is 1. The highest BCUT2D eigenvalue weighted by Crippen LogP contribution is 2.22. The molecule has 5 heteroatoms. The van der Waals surface area contributed by atoms with Crippen LogP contribution in [0.3, 0.4) is 0 Å². The molecule has 0 saturated carbocycles. The molecule has 2 rings (SSSR count). The Morgan fingerprint density at radius 3 is 2.95 bits per heavy atom. The number of nitriles is 1. The highest BCUT2D eigenvalue weighted by molar-refractivity contribution is 6.05. The normalized spacial score (nSPS) is 10.4. The van der Waals surface area contributed by atoms with Crippen LogP contribution < -0.4 is 0 Å². The summed E-state index contributed by atoms with van der Waals surface area (Å²) in [5.41, 5.74) is 1.21. The lowest BCUT2D eigenvalue weighted by atomic mass is 10.1. The number of hydrogen-bond acceptors (Lipinski definition) is 4. The monoisotopic (exact) mass is 272 g/mol. The summed E-state index contributed by atoms with van der Waals surface area (Å²) in [7, 11) is 1.58. The van der Waals surface area contributed by atoms with Crippen LogP contribution in [0.1, 0.15) is 16.8 Å². The maximum absolute atomic E-state index is 12.5. The van der Waals surface area contributed by atoms with Crippen molar-refractivity contribution in [3.05, 3.63) is 36.1 Å². The fraction of sp³-hybridized carbons (Fsp3) is 0.333. The van der Waals surface area contributed by atoms with Gasteiger partial charge in [0.1, 0.15) is 11.8 Å². The molecule has 20 heavy (non-hydrogen) atoms. The van der Waals surface area contributed by atoms with E-state index in [2.05, 4.69) is 6.07 Å². The number of fused-ring (bicyclic) bond motifs is 1. The Kier molecular flexibility index (Phi) is 4.75. The number of para-hydroxylation sites is 1. The van der Waals surface area contributed by atoms with Crippen molar-refractivity contribution >= 4 is 16.9 Å².